The van der Waals surface area contributed by atoms with Crippen molar-refractivity contribution in [2.45, 2.75) is 32.6 Å². The molecule has 16 heavy (non-hydrogen) atoms. The lowest BCUT2D eigenvalue weighted by Gasteiger charge is -2.15. The van der Waals surface area contributed by atoms with E-state index in [1.807, 2.05) is 0 Å². The Morgan fingerprint density at radius 3 is 2.50 bits per heavy atom. The largest absolute Gasteiger partial charge is 0.313 e. The smallest absolute Gasteiger partial charge is 0.0167 e. The summed E-state index contributed by atoms with van der Waals surface area (Å²) in [7, 11) is 0. The number of piperidine rings is 1. The molecule has 0 bridgehead atoms. The van der Waals surface area contributed by atoms with Crippen molar-refractivity contribution >= 4 is 6.08 Å². The first-order chi connectivity index (χ1) is 7.75. The van der Waals surface area contributed by atoms with Crippen molar-refractivity contribution in [3.05, 3.63) is 41.0 Å². The average molecular weight is 215 g/mol. The van der Waals surface area contributed by atoms with Crippen molar-refractivity contribution in [2.75, 3.05) is 13.1 Å². The Hall–Kier alpha value is -1.08. The first-order valence-electron chi connectivity index (χ1n) is 6.26. The highest BCUT2D eigenvalue weighted by Crippen LogP contribution is 2.18. The van der Waals surface area contributed by atoms with Gasteiger partial charge in [0.2, 0.25) is 0 Å². The normalized spacial score (nSPS) is 19.3. The van der Waals surface area contributed by atoms with Gasteiger partial charge >= 0.3 is 0 Å². The van der Waals surface area contributed by atoms with Crippen LogP contribution in [0.25, 0.3) is 6.08 Å². The minimum Gasteiger partial charge on any atom is -0.313 e. The predicted octanol–water partition coefficient (Wildman–Crippen LogP) is 3.58. The second kappa shape index (κ2) is 5.31. The van der Waals surface area contributed by atoms with Crippen LogP contribution in [0.2, 0.25) is 0 Å². The van der Waals surface area contributed by atoms with Gasteiger partial charge < -0.3 is 5.32 Å². The quantitative estimate of drug-likeness (QED) is 0.795. The van der Waals surface area contributed by atoms with E-state index in [-0.39, 0.29) is 0 Å². The summed E-state index contributed by atoms with van der Waals surface area (Å²) in [5.41, 5.74) is 4.29. The van der Waals surface area contributed by atoms with Crippen molar-refractivity contribution < 1.29 is 0 Å². The van der Waals surface area contributed by atoms with Gasteiger partial charge in [-0.3, -0.25) is 0 Å². The minimum atomic E-state index is 0.623. The molecule has 1 heterocycles. The number of hydrogen-bond acceptors (Lipinski definition) is 1. The van der Waals surface area contributed by atoms with Crippen molar-refractivity contribution in [2.24, 2.45) is 0 Å². The molecule has 0 atom stereocenters. The van der Waals surface area contributed by atoms with E-state index in [1.54, 1.807) is 0 Å². The highest BCUT2D eigenvalue weighted by Gasteiger charge is 2.04. The molecule has 1 heteroatoms. The number of nitrogens with one attached hydrogen (secondary N) is 1. The van der Waals surface area contributed by atoms with E-state index in [0.717, 1.165) is 6.54 Å². The Morgan fingerprint density at radius 2 is 1.94 bits per heavy atom. The zero-order valence-corrected chi connectivity index (χ0v) is 10.3. The Bertz CT molecular complexity index is 352. The van der Waals surface area contributed by atoms with Crippen LogP contribution in [0.15, 0.2) is 29.8 Å². The van der Waals surface area contributed by atoms with E-state index in [1.165, 1.54) is 36.1 Å². The molecule has 0 unspecified atom stereocenters. The van der Waals surface area contributed by atoms with Gasteiger partial charge in [-0.05, 0) is 36.4 Å². The van der Waals surface area contributed by atoms with Crippen molar-refractivity contribution in [1.82, 2.24) is 5.32 Å². The Kier molecular flexibility index (Phi) is 3.79. The van der Waals surface area contributed by atoms with E-state index in [9.17, 15) is 0 Å². The fraction of sp³-hybridized carbons (Fsp3) is 0.467. The summed E-state index contributed by atoms with van der Waals surface area (Å²) in [5.74, 6) is 0.623. The van der Waals surface area contributed by atoms with Gasteiger partial charge in [-0.15, -0.1) is 0 Å². The molecule has 1 aromatic rings. The molecule has 0 spiro atoms. The molecule has 1 nitrogen and oxygen atoms in total. The van der Waals surface area contributed by atoms with Gasteiger partial charge in [0.05, 0.1) is 0 Å². The monoisotopic (exact) mass is 215 g/mol. The van der Waals surface area contributed by atoms with Gasteiger partial charge in [0.15, 0.2) is 0 Å². The van der Waals surface area contributed by atoms with Crippen LogP contribution >= 0.6 is 0 Å². The molecule has 0 aromatic heterocycles. The van der Waals surface area contributed by atoms with E-state index >= 15 is 0 Å². The summed E-state index contributed by atoms with van der Waals surface area (Å²) in [6.07, 6.45) is 4.85. The maximum atomic E-state index is 3.42. The lowest BCUT2D eigenvalue weighted by atomic mass is 9.99. The first-order valence-corrected chi connectivity index (χ1v) is 6.26. The molecule has 1 N–H and O–H groups in total. The Labute approximate surface area is 98.6 Å². The van der Waals surface area contributed by atoms with Crippen LogP contribution in [0.1, 0.15) is 43.7 Å². The van der Waals surface area contributed by atoms with E-state index in [0.29, 0.717) is 5.92 Å². The molecular weight excluding hydrogens is 194 g/mol. The summed E-state index contributed by atoms with van der Waals surface area (Å²) < 4.78 is 0. The Morgan fingerprint density at radius 1 is 1.19 bits per heavy atom. The third kappa shape index (κ3) is 2.96. The van der Waals surface area contributed by atoms with E-state index in [4.69, 9.17) is 0 Å². The lowest BCUT2D eigenvalue weighted by molar-refractivity contribution is 0.613. The number of rotatable bonds is 2. The molecule has 1 saturated heterocycles. The molecule has 86 valence electrons. The topological polar surface area (TPSA) is 12.0 Å². The summed E-state index contributed by atoms with van der Waals surface area (Å²) in [6, 6.07) is 8.95. The van der Waals surface area contributed by atoms with Crippen LogP contribution in [0.3, 0.4) is 0 Å². The minimum absolute atomic E-state index is 0.623. The summed E-state index contributed by atoms with van der Waals surface area (Å²) in [6.45, 7) is 6.70. The highest BCUT2D eigenvalue weighted by molar-refractivity contribution is 5.54. The first kappa shape index (κ1) is 11.4. The zero-order chi connectivity index (χ0) is 11.4. The fourth-order valence-electron chi connectivity index (χ4n) is 2.11. The standard InChI is InChI=1S/C15H21N/c1-12(2)15-7-5-13(6-8-15)10-14-4-3-9-16-11-14/h5-8,10,12,16H,3-4,9,11H2,1-2H3. The lowest BCUT2D eigenvalue weighted by Crippen LogP contribution is -2.23. The maximum absolute atomic E-state index is 3.42. The second-order valence-electron chi connectivity index (χ2n) is 4.90. The molecule has 1 aliphatic rings. The molecule has 1 aromatic carbocycles. The van der Waals surface area contributed by atoms with Crippen molar-refractivity contribution in [3.8, 4) is 0 Å². The van der Waals surface area contributed by atoms with Gasteiger partial charge in [0.1, 0.15) is 0 Å². The van der Waals surface area contributed by atoms with E-state index in [2.05, 4.69) is 49.5 Å². The molecule has 2 rings (SSSR count). The van der Waals surface area contributed by atoms with Gasteiger partial charge in [0.25, 0.3) is 0 Å². The summed E-state index contributed by atoms with van der Waals surface area (Å²) in [5, 5.41) is 3.42. The second-order valence-corrected chi connectivity index (χ2v) is 4.90. The van der Waals surface area contributed by atoms with Crippen molar-refractivity contribution in [3.63, 3.8) is 0 Å². The fourth-order valence-corrected chi connectivity index (χ4v) is 2.11. The summed E-state index contributed by atoms with van der Waals surface area (Å²) in [4.78, 5) is 0. The third-order valence-electron chi connectivity index (χ3n) is 3.18. The van der Waals surface area contributed by atoms with Gasteiger partial charge in [-0.2, -0.15) is 0 Å². The average Bonchev–Trinajstić information content (AvgIpc) is 2.31. The highest BCUT2D eigenvalue weighted by atomic mass is 14.9. The predicted molar refractivity (Wildman–Crippen MR) is 70.6 cm³/mol. The molecule has 0 amide bonds. The van der Waals surface area contributed by atoms with Crippen LogP contribution in [-0.4, -0.2) is 13.1 Å². The molecular formula is C15H21N. The van der Waals surface area contributed by atoms with Crippen LogP contribution in [0.5, 0.6) is 0 Å². The van der Waals surface area contributed by atoms with Crippen LogP contribution in [0, 0.1) is 0 Å². The SMILES string of the molecule is CC(C)c1ccc(C=C2CCCNC2)cc1. The van der Waals surface area contributed by atoms with Crippen LogP contribution < -0.4 is 5.32 Å². The number of hydrogen-bond donors (Lipinski definition) is 1. The maximum Gasteiger partial charge on any atom is 0.0167 e. The van der Waals surface area contributed by atoms with Crippen molar-refractivity contribution in [1.29, 1.82) is 0 Å². The molecule has 0 radical (unpaired) electrons. The van der Waals surface area contributed by atoms with Gasteiger partial charge in [0, 0.05) is 6.54 Å². The summed E-state index contributed by atoms with van der Waals surface area (Å²) >= 11 is 0. The zero-order valence-electron chi connectivity index (χ0n) is 10.3. The molecule has 1 fully saturated rings. The van der Waals surface area contributed by atoms with Crippen LogP contribution in [-0.2, 0) is 0 Å². The third-order valence-corrected chi connectivity index (χ3v) is 3.18. The molecule has 0 saturated carbocycles. The molecule has 1 aliphatic heterocycles. The van der Waals surface area contributed by atoms with Crippen LogP contribution in [0.4, 0.5) is 0 Å². The van der Waals surface area contributed by atoms with E-state index < -0.39 is 0 Å². The van der Waals surface area contributed by atoms with Gasteiger partial charge in [-0.1, -0.05) is 49.8 Å². The number of benzene rings is 1. The van der Waals surface area contributed by atoms with Gasteiger partial charge in [-0.25, -0.2) is 0 Å². The Balaban J connectivity index is 2.09. The molecule has 0 aliphatic carbocycles.